The van der Waals surface area contributed by atoms with E-state index in [1.807, 2.05) is 6.08 Å². The topological polar surface area (TPSA) is 78.9 Å². The second-order valence-corrected chi connectivity index (χ2v) is 22.7. The van der Waals surface area contributed by atoms with Crippen molar-refractivity contribution in [2.24, 2.45) is 0 Å². The van der Waals surface area contributed by atoms with Crippen LogP contribution in [0.2, 0.25) is 0 Å². The van der Waals surface area contributed by atoms with E-state index in [1.165, 1.54) is 154 Å². The van der Waals surface area contributed by atoms with Gasteiger partial charge in [-0.3, -0.25) is 14.4 Å². The Morgan fingerprint density at radius 1 is 0.253 bits per heavy atom. The molecule has 0 N–H and O–H groups in total. The van der Waals surface area contributed by atoms with Gasteiger partial charge in [0.2, 0.25) is 0 Å². The molecule has 1 atom stereocenters. The van der Waals surface area contributed by atoms with Crippen LogP contribution < -0.4 is 0 Å². The normalized spacial score (nSPS) is 13.0. The third-order valence-corrected chi connectivity index (χ3v) is 14.6. The van der Waals surface area contributed by atoms with E-state index >= 15 is 0 Å². The smallest absolute Gasteiger partial charge is 0.306 e. The summed E-state index contributed by atoms with van der Waals surface area (Å²) in [6.07, 6.45) is 99.2. The van der Waals surface area contributed by atoms with Crippen molar-refractivity contribution in [1.82, 2.24) is 0 Å². The summed E-state index contributed by atoms with van der Waals surface area (Å²) in [4.78, 5) is 38.4. The zero-order valence-electron chi connectivity index (χ0n) is 54.2. The van der Waals surface area contributed by atoms with Gasteiger partial charge in [-0.1, -0.05) is 309 Å². The summed E-state index contributed by atoms with van der Waals surface area (Å²) < 4.78 is 16.9. The van der Waals surface area contributed by atoms with Crippen LogP contribution in [-0.4, -0.2) is 37.2 Å². The van der Waals surface area contributed by atoms with Crippen molar-refractivity contribution < 1.29 is 28.6 Å². The van der Waals surface area contributed by atoms with Gasteiger partial charge < -0.3 is 14.2 Å². The quantitative estimate of drug-likeness (QED) is 0.0261. The number of unbranched alkanes of at least 4 members (excludes halogenated alkanes) is 29. The van der Waals surface area contributed by atoms with E-state index in [0.29, 0.717) is 19.3 Å². The van der Waals surface area contributed by atoms with Crippen molar-refractivity contribution >= 4 is 17.9 Å². The highest BCUT2D eigenvalue weighted by atomic mass is 16.6. The first-order valence-corrected chi connectivity index (χ1v) is 34.7. The van der Waals surface area contributed by atoms with E-state index < -0.39 is 12.1 Å². The largest absolute Gasteiger partial charge is 0.462 e. The Balaban J connectivity index is 4.33. The van der Waals surface area contributed by atoms with Gasteiger partial charge in [0.05, 0.1) is 0 Å². The third-order valence-electron chi connectivity index (χ3n) is 14.6. The summed E-state index contributed by atoms with van der Waals surface area (Å²) in [5.41, 5.74) is 0. The van der Waals surface area contributed by atoms with Gasteiger partial charge in [-0.25, -0.2) is 0 Å². The van der Waals surface area contributed by atoms with Crippen LogP contribution in [0.1, 0.15) is 316 Å². The summed E-state index contributed by atoms with van der Waals surface area (Å²) in [6, 6.07) is 0. The highest BCUT2D eigenvalue weighted by Crippen LogP contribution is 2.17. The number of hydrogen-bond acceptors (Lipinski definition) is 6. The summed E-state index contributed by atoms with van der Waals surface area (Å²) in [6.45, 7) is 6.36. The number of carbonyl (C=O) groups excluding carboxylic acids is 3. The van der Waals surface area contributed by atoms with Gasteiger partial charge in [-0.15, -0.1) is 0 Å². The second kappa shape index (κ2) is 70.0. The molecule has 472 valence electrons. The highest BCUT2D eigenvalue weighted by molar-refractivity contribution is 5.71. The van der Waals surface area contributed by atoms with Crippen molar-refractivity contribution in [2.45, 2.75) is 322 Å². The summed E-state index contributed by atoms with van der Waals surface area (Å²) in [5.74, 6) is -0.997. The lowest BCUT2D eigenvalue weighted by Gasteiger charge is -2.18. The van der Waals surface area contributed by atoms with E-state index in [-0.39, 0.29) is 31.6 Å². The molecule has 0 saturated carbocycles. The van der Waals surface area contributed by atoms with Gasteiger partial charge in [-0.05, 0) is 122 Å². The van der Waals surface area contributed by atoms with Crippen molar-refractivity contribution in [3.63, 3.8) is 0 Å². The Hall–Kier alpha value is -4.45. The summed E-state index contributed by atoms with van der Waals surface area (Å²) in [5, 5.41) is 0. The Morgan fingerprint density at radius 2 is 0.494 bits per heavy atom. The lowest BCUT2D eigenvalue weighted by atomic mass is 10.0. The molecule has 1 unspecified atom stereocenters. The minimum absolute atomic E-state index is 0.111. The van der Waals surface area contributed by atoms with Gasteiger partial charge in [0, 0.05) is 19.3 Å². The van der Waals surface area contributed by atoms with Crippen LogP contribution in [0.15, 0.2) is 134 Å². The van der Waals surface area contributed by atoms with Gasteiger partial charge >= 0.3 is 17.9 Å². The highest BCUT2D eigenvalue weighted by Gasteiger charge is 2.19. The molecule has 0 aromatic rings. The molecule has 6 heteroatoms. The molecule has 0 rings (SSSR count). The summed E-state index contributed by atoms with van der Waals surface area (Å²) in [7, 11) is 0. The van der Waals surface area contributed by atoms with Crippen LogP contribution in [0.25, 0.3) is 0 Å². The van der Waals surface area contributed by atoms with Crippen LogP contribution in [-0.2, 0) is 28.6 Å². The number of allylic oxidation sites excluding steroid dienone is 22. The average molecular weight is 1150 g/mol. The zero-order chi connectivity index (χ0) is 59.9. The predicted molar refractivity (Wildman–Crippen MR) is 362 cm³/mol. The fourth-order valence-corrected chi connectivity index (χ4v) is 9.52. The van der Waals surface area contributed by atoms with Crippen LogP contribution in [0.4, 0.5) is 0 Å². The molecular weight excluding hydrogens is 1020 g/mol. The molecule has 0 bridgehead atoms. The number of carbonyl (C=O) groups is 3. The van der Waals surface area contributed by atoms with E-state index in [4.69, 9.17) is 14.2 Å². The van der Waals surface area contributed by atoms with Gasteiger partial charge in [0.15, 0.2) is 6.10 Å². The zero-order valence-corrected chi connectivity index (χ0v) is 54.2. The average Bonchev–Trinajstić information content (AvgIpc) is 3.49. The molecule has 0 aliphatic carbocycles. The molecule has 0 fully saturated rings. The Bertz CT molecular complexity index is 1750. The fourth-order valence-electron chi connectivity index (χ4n) is 9.52. The van der Waals surface area contributed by atoms with Gasteiger partial charge in [0.1, 0.15) is 13.2 Å². The maximum atomic E-state index is 12.9. The van der Waals surface area contributed by atoms with Crippen LogP contribution in [0.5, 0.6) is 0 Å². The Kier molecular flexibility index (Phi) is 66.3. The molecule has 0 radical (unpaired) electrons. The molecule has 0 saturated heterocycles. The van der Waals surface area contributed by atoms with Gasteiger partial charge in [-0.2, -0.15) is 0 Å². The molecule has 0 aromatic heterocycles. The van der Waals surface area contributed by atoms with E-state index in [1.54, 1.807) is 0 Å². The van der Waals surface area contributed by atoms with Crippen molar-refractivity contribution in [3.05, 3.63) is 134 Å². The van der Waals surface area contributed by atoms with Crippen LogP contribution in [0, 0.1) is 0 Å². The fraction of sp³-hybridized carbons (Fsp3) is 0.675. The molecule has 0 heterocycles. The molecule has 0 aliphatic rings. The first-order valence-electron chi connectivity index (χ1n) is 34.7. The van der Waals surface area contributed by atoms with E-state index in [2.05, 4.69) is 148 Å². The number of esters is 3. The predicted octanol–water partition coefficient (Wildman–Crippen LogP) is 24.1. The molecule has 83 heavy (non-hydrogen) atoms. The monoisotopic (exact) mass is 1150 g/mol. The van der Waals surface area contributed by atoms with Crippen LogP contribution >= 0.6 is 0 Å². The van der Waals surface area contributed by atoms with Crippen molar-refractivity contribution in [3.8, 4) is 0 Å². The van der Waals surface area contributed by atoms with Gasteiger partial charge in [0.25, 0.3) is 0 Å². The SMILES string of the molecule is CC/C=C\C/C=C\C/C=C\C/C=C\C/C=C\C/C=C\CCC(=O)OC(COC(=O)CCCCCCC/C=C\CCCCCCCC)COC(=O)CCCCCCCCCCCCCCCCCCCC/C=C\C/C=C\C/C=C\C/C=C\CC. The molecule has 0 aliphatic heterocycles. The first-order chi connectivity index (χ1) is 41.0. The standard InChI is InChI=1S/C77H128O6/c1-4-7-10-13-16-19-22-25-28-30-32-33-34-35-36-37-38-39-40-41-42-43-45-46-49-52-55-58-61-64-67-70-76(79)82-73-74(72-81-75(78)69-66-63-60-57-54-51-48-27-24-21-18-15-12-9-6-3)83-77(80)71-68-65-62-59-56-53-50-47-44-31-29-26-23-20-17-14-11-8-5-2/h7-8,10-11,16-17,19-20,25-29,32-33,44,47-48,53,56,62,65,74H,4-6,9,12-15,18,21-24,30-31,34-43,45-46,49-52,54-55,57-61,63-64,66-73H2,1-3H3/b10-7-,11-8-,19-16-,20-17-,28-25-,29-26-,33-32-,47-44-,48-27-,56-53-,65-62-. The number of ether oxygens (including phenoxy) is 3. The van der Waals surface area contributed by atoms with Crippen molar-refractivity contribution in [2.75, 3.05) is 13.2 Å². The maximum Gasteiger partial charge on any atom is 0.306 e. The second-order valence-electron chi connectivity index (χ2n) is 22.7. The molecule has 0 amide bonds. The first kappa shape index (κ1) is 78.5. The summed E-state index contributed by atoms with van der Waals surface area (Å²) >= 11 is 0. The minimum atomic E-state index is -0.826. The third kappa shape index (κ3) is 68.2. The lowest BCUT2D eigenvalue weighted by Crippen LogP contribution is -2.30. The molecule has 6 nitrogen and oxygen atoms in total. The lowest BCUT2D eigenvalue weighted by molar-refractivity contribution is -0.166. The molecule has 0 aromatic carbocycles. The molecule has 0 spiro atoms. The number of hydrogen-bond donors (Lipinski definition) is 0. The Labute approximate surface area is 513 Å². The minimum Gasteiger partial charge on any atom is -0.462 e. The van der Waals surface area contributed by atoms with Crippen LogP contribution in [0.3, 0.4) is 0 Å². The Morgan fingerprint density at radius 3 is 0.795 bits per heavy atom. The number of rotatable bonds is 62. The van der Waals surface area contributed by atoms with E-state index in [9.17, 15) is 14.4 Å². The van der Waals surface area contributed by atoms with Crippen molar-refractivity contribution in [1.29, 1.82) is 0 Å². The molecular formula is C77H128O6. The maximum absolute atomic E-state index is 12.9. The van der Waals surface area contributed by atoms with E-state index in [0.717, 1.165) is 116 Å².